The van der Waals surface area contributed by atoms with Gasteiger partial charge >= 0.3 is 0 Å². The van der Waals surface area contributed by atoms with Gasteiger partial charge in [0.15, 0.2) is 0 Å². The molecule has 4 aromatic carbocycles. The third-order valence-electron chi connectivity index (χ3n) is 11.2. The van der Waals surface area contributed by atoms with Gasteiger partial charge in [-0.3, -0.25) is 0 Å². The van der Waals surface area contributed by atoms with Gasteiger partial charge in [-0.1, -0.05) is 111 Å². The molecule has 1 aromatic heterocycles. The summed E-state index contributed by atoms with van der Waals surface area (Å²) in [6.07, 6.45) is 18.9. The Hall–Kier alpha value is -6.10. The monoisotopic (exact) mass is 646 g/mol. The van der Waals surface area contributed by atoms with E-state index in [4.69, 9.17) is 0 Å². The molecule has 4 nitrogen and oxygen atoms in total. The lowest BCUT2D eigenvalue weighted by Crippen LogP contribution is -2.37. The van der Waals surface area contributed by atoms with E-state index in [1.165, 1.54) is 22.2 Å². The molecule has 4 atom stereocenters. The average Bonchev–Trinajstić information content (AvgIpc) is 3.62. The first-order chi connectivity index (χ1) is 24.5. The first-order valence-electron chi connectivity index (χ1n) is 17.4. The third kappa shape index (κ3) is 4.80. The number of para-hydroxylation sites is 2. The third-order valence-corrected chi connectivity index (χ3v) is 11.2. The highest BCUT2D eigenvalue weighted by molar-refractivity contribution is 5.93. The quantitative estimate of drug-likeness (QED) is 0.173. The summed E-state index contributed by atoms with van der Waals surface area (Å²) in [5, 5.41) is 21.7. The van der Waals surface area contributed by atoms with E-state index in [2.05, 4.69) is 151 Å². The number of allylic oxidation sites excluding steroid dienone is 5. The maximum atomic E-state index is 10.2. The number of fused-ring (bicyclic) bond motifs is 4. The van der Waals surface area contributed by atoms with Crippen LogP contribution in [0.25, 0.3) is 44.9 Å². The zero-order valence-electron chi connectivity index (χ0n) is 28.4. The number of hydrogen-bond donors (Lipinski definition) is 0. The van der Waals surface area contributed by atoms with Crippen molar-refractivity contribution in [1.29, 1.82) is 10.5 Å². The lowest BCUT2D eigenvalue weighted by Gasteiger charge is -2.34. The summed E-state index contributed by atoms with van der Waals surface area (Å²) in [5.41, 5.74) is 11.3. The Morgan fingerprint density at radius 2 is 1.68 bits per heavy atom. The van der Waals surface area contributed by atoms with Crippen LogP contribution >= 0.6 is 0 Å². The van der Waals surface area contributed by atoms with Gasteiger partial charge in [0.2, 0.25) is 0 Å². The van der Waals surface area contributed by atoms with Gasteiger partial charge in [-0.2, -0.15) is 10.5 Å². The summed E-state index contributed by atoms with van der Waals surface area (Å²) in [4.78, 5) is 2.48. The summed E-state index contributed by atoms with van der Waals surface area (Å²) in [6.45, 7) is 8.45. The Bertz CT molecular complexity index is 2370. The number of aromatic nitrogens is 1. The van der Waals surface area contributed by atoms with Crippen LogP contribution in [0.15, 0.2) is 146 Å². The molecule has 0 bridgehead atoms. The molecule has 3 unspecified atom stereocenters. The highest BCUT2D eigenvalue weighted by Crippen LogP contribution is 2.54. The van der Waals surface area contributed by atoms with E-state index in [1.54, 1.807) is 0 Å². The zero-order valence-corrected chi connectivity index (χ0v) is 28.4. The fourth-order valence-electron chi connectivity index (χ4n) is 8.69. The van der Waals surface area contributed by atoms with Crippen LogP contribution in [0.3, 0.4) is 0 Å². The van der Waals surface area contributed by atoms with Crippen LogP contribution in [-0.2, 0) is 6.42 Å². The Morgan fingerprint density at radius 1 is 0.900 bits per heavy atom. The average molecular weight is 647 g/mol. The van der Waals surface area contributed by atoms with Crippen molar-refractivity contribution in [2.24, 2.45) is 11.3 Å². The maximum absolute atomic E-state index is 10.2. The van der Waals surface area contributed by atoms with Gasteiger partial charge in [-0.15, -0.1) is 0 Å². The molecule has 50 heavy (non-hydrogen) atoms. The first-order valence-corrected chi connectivity index (χ1v) is 17.4. The Kier molecular flexibility index (Phi) is 7.74. The number of nitrogens with zero attached hydrogens (tertiary/aromatic N) is 4. The molecular weight excluding hydrogens is 609 g/mol. The SMILES string of the molecule is C=C/C=C\C1(C)C2C(C#N)=CC=CC2N(c2ccccc2-c2ccc(C#N)c(-c3ccc(-n4c5c(c6ccccc64)C=CCC5)cc3)c2)[C@H]1C. The summed E-state index contributed by atoms with van der Waals surface area (Å²) < 4.78 is 2.39. The number of anilines is 1. The lowest BCUT2D eigenvalue weighted by molar-refractivity contribution is 0.322. The minimum atomic E-state index is -0.295. The van der Waals surface area contributed by atoms with E-state index in [1.807, 2.05) is 30.4 Å². The second-order valence-electron chi connectivity index (χ2n) is 13.7. The predicted molar refractivity (Wildman–Crippen MR) is 206 cm³/mol. The Labute approximate surface area is 294 Å². The summed E-state index contributed by atoms with van der Waals surface area (Å²) in [6, 6.07) is 37.1. The molecule has 1 aliphatic heterocycles. The Balaban J connectivity index is 1.21. The molecule has 0 spiro atoms. The Morgan fingerprint density at radius 3 is 2.48 bits per heavy atom. The summed E-state index contributed by atoms with van der Waals surface area (Å²) >= 11 is 0. The highest BCUT2D eigenvalue weighted by atomic mass is 15.2. The van der Waals surface area contributed by atoms with Crippen molar-refractivity contribution in [3.8, 4) is 40.1 Å². The molecular formula is C46H38N4. The van der Waals surface area contributed by atoms with E-state index in [0.29, 0.717) is 5.56 Å². The molecule has 0 saturated carbocycles. The minimum Gasteiger partial charge on any atom is -0.360 e. The van der Waals surface area contributed by atoms with Crippen LogP contribution in [-0.4, -0.2) is 16.7 Å². The van der Waals surface area contributed by atoms with Crippen molar-refractivity contribution in [2.75, 3.05) is 4.90 Å². The predicted octanol–water partition coefficient (Wildman–Crippen LogP) is 10.8. The molecule has 2 heterocycles. The molecule has 2 aliphatic carbocycles. The van der Waals surface area contributed by atoms with Gasteiger partial charge in [0.1, 0.15) is 0 Å². The fraction of sp³-hybridized carbons (Fsp3) is 0.174. The smallest absolute Gasteiger partial charge is 0.0998 e. The summed E-state index contributed by atoms with van der Waals surface area (Å²) in [5.74, 6) is 0.00541. The van der Waals surface area contributed by atoms with Crippen molar-refractivity contribution in [2.45, 2.75) is 38.8 Å². The van der Waals surface area contributed by atoms with Crippen LogP contribution in [0.4, 0.5) is 5.69 Å². The van der Waals surface area contributed by atoms with Gasteiger partial charge in [-0.05, 0) is 73.4 Å². The van der Waals surface area contributed by atoms with Crippen LogP contribution in [0.2, 0.25) is 0 Å². The van der Waals surface area contributed by atoms with Crippen LogP contribution in [0, 0.1) is 34.0 Å². The van der Waals surface area contributed by atoms with Crippen LogP contribution in [0.5, 0.6) is 0 Å². The van der Waals surface area contributed by atoms with E-state index in [-0.39, 0.29) is 23.4 Å². The second kappa shape index (κ2) is 12.4. The van der Waals surface area contributed by atoms with E-state index in [0.717, 1.165) is 52.0 Å². The topological polar surface area (TPSA) is 55.8 Å². The molecule has 242 valence electrons. The number of rotatable bonds is 6. The molecule has 3 aliphatic rings. The van der Waals surface area contributed by atoms with Crippen molar-refractivity contribution in [1.82, 2.24) is 4.57 Å². The van der Waals surface area contributed by atoms with Gasteiger partial charge in [0.05, 0.1) is 29.3 Å². The normalized spacial score (nSPS) is 22.2. The minimum absolute atomic E-state index is 0.00541. The first kappa shape index (κ1) is 31.2. The fourth-order valence-corrected chi connectivity index (χ4v) is 8.69. The molecule has 0 amide bonds. The maximum Gasteiger partial charge on any atom is 0.0998 e. The molecule has 5 aromatic rings. The largest absolute Gasteiger partial charge is 0.360 e. The van der Waals surface area contributed by atoms with E-state index in [9.17, 15) is 10.5 Å². The second-order valence-corrected chi connectivity index (χ2v) is 13.7. The van der Waals surface area contributed by atoms with Crippen molar-refractivity contribution in [3.05, 3.63) is 163 Å². The molecule has 1 fully saturated rings. The lowest BCUT2D eigenvalue weighted by atomic mass is 9.68. The molecule has 0 N–H and O–H groups in total. The van der Waals surface area contributed by atoms with Crippen LogP contribution < -0.4 is 4.90 Å². The van der Waals surface area contributed by atoms with Gasteiger partial charge in [0.25, 0.3) is 0 Å². The molecule has 1 saturated heterocycles. The van der Waals surface area contributed by atoms with Crippen molar-refractivity contribution < 1.29 is 0 Å². The molecule has 0 radical (unpaired) electrons. The molecule has 4 heteroatoms. The van der Waals surface area contributed by atoms with E-state index >= 15 is 0 Å². The molecule has 8 rings (SSSR count). The number of benzene rings is 4. The van der Waals surface area contributed by atoms with Gasteiger partial charge in [0, 0.05) is 62.1 Å². The van der Waals surface area contributed by atoms with Gasteiger partial charge in [-0.25, -0.2) is 0 Å². The van der Waals surface area contributed by atoms with E-state index < -0.39 is 0 Å². The number of nitriles is 2. The summed E-state index contributed by atoms with van der Waals surface area (Å²) in [7, 11) is 0. The van der Waals surface area contributed by atoms with Crippen LogP contribution in [0.1, 0.15) is 37.1 Å². The highest BCUT2D eigenvalue weighted by Gasteiger charge is 2.55. The van der Waals surface area contributed by atoms with Crippen molar-refractivity contribution >= 4 is 22.7 Å². The van der Waals surface area contributed by atoms with Gasteiger partial charge < -0.3 is 9.47 Å². The van der Waals surface area contributed by atoms with Crippen molar-refractivity contribution in [3.63, 3.8) is 0 Å². The standard InChI is InChI=1S/C46H38N4/c1-4-5-27-46(3)31(2)49(44-20-12-13-35(30-48)45(44)46)41-17-9-6-14-37(41)33-21-22-34(29-47)40(28-33)32-23-25-36(26-24-32)50-42-18-10-7-15-38(42)39-16-8-11-19-43(39)50/h4-10,12-18,20-28,31,44-45H,1,11,19H2,2-3H3/b27-5-/t31-,44?,45?,46?/m0/s1. The zero-order chi connectivity index (χ0) is 34.4. The number of hydrogen-bond acceptors (Lipinski definition) is 3.